The zero-order valence-corrected chi connectivity index (χ0v) is 17.9. The Morgan fingerprint density at radius 2 is 1.83 bits per heavy atom. The van der Waals surface area contributed by atoms with Crippen LogP contribution in [-0.4, -0.2) is 14.3 Å². The van der Waals surface area contributed by atoms with Crippen LogP contribution in [0.4, 0.5) is 5.69 Å². The number of hydrogen-bond acceptors (Lipinski definition) is 6. The van der Waals surface area contributed by atoms with Gasteiger partial charge in [-0.2, -0.15) is 5.10 Å². The van der Waals surface area contributed by atoms with Crippen molar-refractivity contribution in [2.45, 2.75) is 4.21 Å². The summed E-state index contributed by atoms with van der Waals surface area (Å²) in [6.45, 7) is 3.80. The van der Waals surface area contributed by atoms with Crippen LogP contribution in [0, 0.1) is 0 Å². The molecule has 0 amide bonds. The van der Waals surface area contributed by atoms with Crippen molar-refractivity contribution in [2.75, 3.05) is 4.72 Å². The van der Waals surface area contributed by atoms with E-state index in [-0.39, 0.29) is 9.77 Å². The first kappa shape index (κ1) is 21.2. The Kier molecular flexibility index (Phi) is 6.49. The van der Waals surface area contributed by atoms with Crippen molar-refractivity contribution in [1.29, 1.82) is 0 Å². The van der Waals surface area contributed by atoms with E-state index in [1.165, 1.54) is 30.3 Å². The minimum absolute atomic E-state index is 0.205. The normalized spacial score (nSPS) is 11.9. The second kappa shape index (κ2) is 8.87. The number of hydrazone groups is 1. The van der Waals surface area contributed by atoms with Crippen LogP contribution >= 0.6 is 34.5 Å². The summed E-state index contributed by atoms with van der Waals surface area (Å²) in [4.78, 5) is 0. The molecule has 150 valence electrons. The Morgan fingerprint density at radius 1 is 1.10 bits per heavy atom. The SMILES string of the molecule is C=C(NN=C([O-])c1ccc(NS(=O)(=O)c2cccs2)cc1)c1ccc(Cl)cc1Cl. The number of rotatable bonds is 7. The van der Waals surface area contributed by atoms with Gasteiger partial charge in [-0.05, 0) is 47.3 Å². The molecule has 0 aliphatic rings. The van der Waals surface area contributed by atoms with Crippen LogP contribution in [0.15, 0.2) is 75.9 Å². The molecule has 1 heterocycles. The van der Waals surface area contributed by atoms with E-state index in [1.54, 1.807) is 29.6 Å². The van der Waals surface area contributed by atoms with Crippen molar-refractivity contribution in [1.82, 2.24) is 5.43 Å². The van der Waals surface area contributed by atoms with Crippen LogP contribution in [-0.2, 0) is 10.0 Å². The molecule has 0 saturated carbocycles. The Bertz CT molecular complexity index is 1160. The number of nitrogens with one attached hydrogen (secondary N) is 2. The summed E-state index contributed by atoms with van der Waals surface area (Å²) in [5, 5.41) is 18.5. The van der Waals surface area contributed by atoms with Crippen LogP contribution in [0.3, 0.4) is 0 Å². The highest BCUT2D eigenvalue weighted by atomic mass is 35.5. The summed E-state index contributed by atoms with van der Waals surface area (Å²) in [5.74, 6) is -0.552. The Morgan fingerprint density at radius 3 is 2.45 bits per heavy atom. The van der Waals surface area contributed by atoms with E-state index in [1.807, 2.05) is 0 Å². The van der Waals surface area contributed by atoms with E-state index in [2.05, 4.69) is 21.8 Å². The maximum absolute atomic E-state index is 12.2. The van der Waals surface area contributed by atoms with Gasteiger partial charge in [0.1, 0.15) is 4.21 Å². The molecule has 2 N–H and O–H groups in total. The van der Waals surface area contributed by atoms with E-state index >= 15 is 0 Å². The topological polar surface area (TPSA) is 93.6 Å². The number of benzene rings is 2. The molecule has 3 aromatic rings. The molecule has 0 aliphatic heterocycles. The average molecular weight is 467 g/mol. The highest BCUT2D eigenvalue weighted by Crippen LogP contribution is 2.25. The molecular weight excluding hydrogens is 453 g/mol. The third-order valence-electron chi connectivity index (χ3n) is 3.69. The highest BCUT2D eigenvalue weighted by Gasteiger charge is 2.14. The lowest BCUT2D eigenvalue weighted by Crippen LogP contribution is -2.22. The summed E-state index contributed by atoms with van der Waals surface area (Å²) in [5.41, 5.74) is 4.07. The van der Waals surface area contributed by atoms with Gasteiger partial charge in [-0.25, -0.2) is 8.42 Å². The van der Waals surface area contributed by atoms with Crippen LogP contribution in [0.5, 0.6) is 0 Å². The molecule has 10 heteroatoms. The molecule has 6 nitrogen and oxygen atoms in total. The molecule has 1 aromatic heterocycles. The van der Waals surface area contributed by atoms with Gasteiger partial charge in [-0.1, -0.05) is 48.0 Å². The average Bonchev–Trinajstić information content (AvgIpc) is 3.22. The lowest BCUT2D eigenvalue weighted by Gasteiger charge is -2.14. The predicted molar refractivity (Wildman–Crippen MR) is 117 cm³/mol. The Hall–Kier alpha value is -2.52. The molecule has 0 fully saturated rings. The number of nitrogens with zero attached hydrogens (tertiary/aromatic N) is 1. The van der Waals surface area contributed by atoms with Crippen molar-refractivity contribution in [3.63, 3.8) is 0 Å². The summed E-state index contributed by atoms with van der Waals surface area (Å²) >= 11 is 13.1. The molecule has 0 radical (unpaired) electrons. The molecule has 0 aliphatic carbocycles. The van der Waals surface area contributed by atoms with Gasteiger partial charge in [0, 0.05) is 22.2 Å². The Balaban J connectivity index is 1.68. The summed E-state index contributed by atoms with van der Waals surface area (Å²) in [6, 6.07) is 13.9. The number of sulfonamides is 1. The van der Waals surface area contributed by atoms with E-state index in [0.29, 0.717) is 27.0 Å². The van der Waals surface area contributed by atoms with Crippen molar-refractivity contribution in [2.24, 2.45) is 5.10 Å². The van der Waals surface area contributed by atoms with E-state index in [9.17, 15) is 13.5 Å². The monoisotopic (exact) mass is 466 g/mol. The van der Waals surface area contributed by atoms with Gasteiger partial charge < -0.3 is 5.11 Å². The van der Waals surface area contributed by atoms with Crippen molar-refractivity contribution in [3.8, 4) is 0 Å². The molecular formula is C19H14Cl2N3O3S2-. The Labute approximate surface area is 182 Å². The van der Waals surface area contributed by atoms with E-state index in [0.717, 1.165) is 11.3 Å². The molecule has 0 unspecified atom stereocenters. The lowest BCUT2D eigenvalue weighted by molar-refractivity contribution is -0.213. The first-order valence-electron chi connectivity index (χ1n) is 8.08. The van der Waals surface area contributed by atoms with Gasteiger partial charge in [-0.15, -0.1) is 11.3 Å². The predicted octanol–water partition coefficient (Wildman–Crippen LogP) is 4.14. The maximum Gasteiger partial charge on any atom is 0.271 e. The van der Waals surface area contributed by atoms with Crippen LogP contribution in [0.1, 0.15) is 11.1 Å². The molecule has 29 heavy (non-hydrogen) atoms. The van der Waals surface area contributed by atoms with Gasteiger partial charge in [0.2, 0.25) is 0 Å². The second-order valence-corrected chi connectivity index (χ2v) is 9.45. The third-order valence-corrected chi connectivity index (χ3v) is 7.02. The quantitative estimate of drug-likeness (QED) is 0.310. The first-order chi connectivity index (χ1) is 13.8. The van der Waals surface area contributed by atoms with Crippen molar-refractivity contribution in [3.05, 3.63) is 87.7 Å². The fourth-order valence-electron chi connectivity index (χ4n) is 2.28. The largest absolute Gasteiger partial charge is 0.857 e. The summed E-state index contributed by atoms with van der Waals surface area (Å²) in [7, 11) is -3.65. The molecule has 0 spiro atoms. The highest BCUT2D eigenvalue weighted by molar-refractivity contribution is 7.94. The first-order valence-corrected chi connectivity index (χ1v) is 11.2. The minimum atomic E-state index is -3.65. The lowest BCUT2D eigenvalue weighted by atomic mass is 10.2. The second-order valence-electron chi connectivity index (χ2n) is 5.75. The van der Waals surface area contributed by atoms with Gasteiger partial charge in [-0.3, -0.25) is 10.1 Å². The standard InChI is InChI=1S/C19H15Cl2N3O3S2/c1-12(16-9-6-14(20)11-17(16)21)22-23-19(25)13-4-7-15(8-5-13)24-29(26,27)18-3-2-10-28-18/h2-11,22,24H,1H2,(H,23,25)/p-1. The molecule has 0 saturated heterocycles. The van der Waals surface area contributed by atoms with Gasteiger partial charge in [0.05, 0.1) is 10.7 Å². The number of thiophene rings is 1. The van der Waals surface area contributed by atoms with Crippen molar-refractivity contribution < 1.29 is 13.5 Å². The van der Waals surface area contributed by atoms with Gasteiger partial charge in [0.15, 0.2) is 0 Å². The smallest absolute Gasteiger partial charge is 0.271 e. The van der Waals surface area contributed by atoms with Gasteiger partial charge >= 0.3 is 0 Å². The van der Waals surface area contributed by atoms with Crippen molar-refractivity contribution >= 4 is 61.8 Å². The molecule has 0 bridgehead atoms. The number of halogens is 2. The number of hydrogen-bond donors (Lipinski definition) is 2. The van der Waals surface area contributed by atoms with Crippen LogP contribution in [0.25, 0.3) is 5.70 Å². The fourth-order valence-corrected chi connectivity index (χ4v) is 4.85. The van der Waals surface area contributed by atoms with Gasteiger partial charge in [0.25, 0.3) is 10.0 Å². The number of anilines is 1. The molecule has 2 aromatic carbocycles. The zero-order valence-electron chi connectivity index (χ0n) is 14.7. The zero-order chi connectivity index (χ0) is 21.0. The van der Waals surface area contributed by atoms with Crippen LogP contribution < -0.4 is 15.3 Å². The minimum Gasteiger partial charge on any atom is -0.857 e. The maximum atomic E-state index is 12.2. The fraction of sp³-hybridized carbons (Fsp3) is 0. The molecule has 3 rings (SSSR count). The molecule has 0 atom stereocenters. The van der Waals surface area contributed by atoms with Crippen LogP contribution in [0.2, 0.25) is 10.0 Å². The van der Waals surface area contributed by atoms with E-state index in [4.69, 9.17) is 23.2 Å². The third kappa shape index (κ3) is 5.30. The summed E-state index contributed by atoms with van der Waals surface area (Å²) < 4.78 is 27.1. The summed E-state index contributed by atoms with van der Waals surface area (Å²) in [6.07, 6.45) is 0. The van der Waals surface area contributed by atoms with E-state index < -0.39 is 15.9 Å².